The normalized spacial score (nSPS) is 21.7. The molecular weight excluding hydrogens is 328 g/mol. The standard InChI is InChI=1S/C18H26N2OS.ClH/c21-18(17-7-4-12-19-17)20-15-8-10-16(11-9-15)22-13-14-5-2-1-3-6-14;/h8-11,14,17,19H,1-7,12-13H2,(H,20,21);1H/t17-;/m1./s1. The average Bonchev–Trinajstić information content (AvgIpc) is 3.10. The van der Waals surface area contributed by atoms with Crippen molar-refractivity contribution in [1.82, 2.24) is 5.32 Å². The third kappa shape index (κ3) is 5.70. The van der Waals surface area contributed by atoms with Crippen molar-refractivity contribution in [2.75, 3.05) is 17.6 Å². The van der Waals surface area contributed by atoms with Gasteiger partial charge in [0.25, 0.3) is 0 Å². The summed E-state index contributed by atoms with van der Waals surface area (Å²) in [7, 11) is 0. The Morgan fingerprint density at radius 3 is 2.48 bits per heavy atom. The smallest absolute Gasteiger partial charge is 0.241 e. The fourth-order valence-electron chi connectivity index (χ4n) is 3.34. The van der Waals surface area contributed by atoms with Crippen molar-refractivity contribution in [3.63, 3.8) is 0 Å². The number of anilines is 1. The van der Waals surface area contributed by atoms with E-state index in [0.29, 0.717) is 0 Å². The minimum absolute atomic E-state index is 0. The fraction of sp³-hybridized carbons (Fsp3) is 0.611. The van der Waals surface area contributed by atoms with Gasteiger partial charge >= 0.3 is 0 Å². The summed E-state index contributed by atoms with van der Waals surface area (Å²) in [6.45, 7) is 0.953. The zero-order chi connectivity index (χ0) is 15.2. The zero-order valence-corrected chi connectivity index (χ0v) is 15.2. The Labute approximate surface area is 149 Å². The number of amides is 1. The van der Waals surface area contributed by atoms with E-state index < -0.39 is 0 Å². The van der Waals surface area contributed by atoms with Gasteiger partial charge in [0, 0.05) is 16.3 Å². The molecule has 1 aromatic rings. The first-order valence-corrected chi connectivity index (χ1v) is 9.57. The summed E-state index contributed by atoms with van der Waals surface area (Å²) in [5.74, 6) is 2.23. The summed E-state index contributed by atoms with van der Waals surface area (Å²) in [5, 5.41) is 6.23. The number of carbonyl (C=O) groups is 1. The lowest BCUT2D eigenvalue weighted by molar-refractivity contribution is -0.117. The molecular formula is C18H27ClN2OS. The van der Waals surface area contributed by atoms with Crippen LogP contribution in [0.5, 0.6) is 0 Å². The van der Waals surface area contributed by atoms with Gasteiger partial charge in [-0.15, -0.1) is 24.2 Å². The largest absolute Gasteiger partial charge is 0.325 e. The van der Waals surface area contributed by atoms with E-state index in [-0.39, 0.29) is 24.4 Å². The summed E-state index contributed by atoms with van der Waals surface area (Å²) in [6, 6.07) is 8.29. The van der Waals surface area contributed by atoms with E-state index in [9.17, 15) is 4.79 Å². The van der Waals surface area contributed by atoms with Crippen molar-refractivity contribution in [3.8, 4) is 0 Å². The number of benzene rings is 1. The molecule has 1 atom stereocenters. The van der Waals surface area contributed by atoms with Gasteiger partial charge in [-0.05, 0) is 62.4 Å². The zero-order valence-electron chi connectivity index (χ0n) is 13.6. The molecule has 2 fully saturated rings. The second-order valence-corrected chi connectivity index (χ2v) is 7.57. The Kier molecular flexibility index (Phi) is 7.74. The first kappa shape index (κ1) is 18.6. The maximum Gasteiger partial charge on any atom is 0.241 e. The quantitative estimate of drug-likeness (QED) is 0.766. The average molecular weight is 355 g/mol. The molecule has 23 heavy (non-hydrogen) atoms. The van der Waals surface area contributed by atoms with Crippen molar-refractivity contribution in [2.45, 2.75) is 55.9 Å². The molecule has 3 nitrogen and oxygen atoms in total. The minimum atomic E-state index is -0.0136. The molecule has 2 N–H and O–H groups in total. The Bertz CT molecular complexity index is 482. The first-order chi connectivity index (χ1) is 10.8. The molecule has 2 aliphatic rings. The van der Waals surface area contributed by atoms with Gasteiger partial charge in [-0.2, -0.15) is 0 Å². The molecule has 0 unspecified atom stereocenters. The van der Waals surface area contributed by atoms with Crippen LogP contribution in [0.15, 0.2) is 29.2 Å². The molecule has 1 aromatic carbocycles. The molecule has 1 amide bonds. The van der Waals surface area contributed by atoms with Crippen LogP contribution in [0.1, 0.15) is 44.9 Å². The van der Waals surface area contributed by atoms with E-state index >= 15 is 0 Å². The van der Waals surface area contributed by atoms with Gasteiger partial charge in [0.15, 0.2) is 0 Å². The van der Waals surface area contributed by atoms with Gasteiger partial charge in [0.05, 0.1) is 6.04 Å². The van der Waals surface area contributed by atoms with Crippen LogP contribution in [0.25, 0.3) is 0 Å². The number of nitrogens with one attached hydrogen (secondary N) is 2. The van der Waals surface area contributed by atoms with E-state index in [1.807, 2.05) is 23.9 Å². The predicted octanol–water partition coefficient (Wildman–Crippen LogP) is 4.47. The van der Waals surface area contributed by atoms with Gasteiger partial charge in [0.1, 0.15) is 0 Å². The number of hydrogen-bond donors (Lipinski definition) is 2. The maximum atomic E-state index is 12.1. The Morgan fingerprint density at radius 2 is 1.83 bits per heavy atom. The van der Waals surface area contributed by atoms with Gasteiger partial charge in [0.2, 0.25) is 5.91 Å². The molecule has 1 aliphatic carbocycles. The van der Waals surface area contributed by atoms with Crippen LogP contribution >= 0.6 is 24.2 Å². The molecule has 3 rings (SSSR count). The van der Waals surface area contributed by atoms with Crippen molar-refractivity contribution in [2.24, 2.45) is 5.92 Å². The highest BCUT2D eigenvalue weighted by Gasteiger charge is 2.21. The Hall–Kier alpha value is -0.710. The Morgan fingerprint density at radius 1 is 1.09 bits per heavy atom. The number of carbonyl (C=O) groups excluding carboxylic acids is 1. The van der Waals surface area contributed by atoms with Crippen LogP contribution in [0.4, 0.5) is 5.69 Å². The molecule has 0 spiro atoms. The molecule has 0 aromatic heterocycles. The van der Waals surface area contributed by atoms with Gasteiger partial charge in [-0.25, -0.2) is 0 Å². The molecule has 1 saturated heterocycles. The fourth-order valence-corrected chi connectivity index (χ4v) is 4.43. The highest BCUT2D eigenvalue weighted by atomic mass is 35.5. The molecule has 1 saturated carbocycles. The maximum absolute atomic E-state index is 12.1. The van der Waals surface area contributed by atoms with E-state index in [4.69, 9.17) is 0 Å². The van der Waals surface area contributed by atoms with Crippen molar-refractivity contribution < 1.29 is 4.79 Å². The van der Waals surface area contributed by atoms with Crippen LogP contribution in [0.2, 0.25) is 0 Å². The predicted molar refractivity (Wildman–Crippen MR) is 101 cm³/mol. The summed E-state index contributed by atoms with van der Waals surface area (Å²) in [6.07, 6.45) is 9.07. The summed E-state index contributed by atoms with van der Waals surface area (Å²) < 4.78 is 0. The van der Waals surface area contributed by atoms with Crippen LogP contribution in [0, 0.1) is 5.92 Å². The Balaban J connectivity index is 0.00000192. The van der Waals surface area contributed by atoms with Crippen LogP contribution < -0.4 is 10.6 Å². The third-order valence-corrected chi connectivity index (χ3v) is 5.95. The number of halogens is 1. The molecule has 1 aliphatic heterocycles. The van der Waals surface area contributed by atoms with E-state index in [2.05, 4.69) is 22.8 Å². The monoisotopic (exact) mass is 354 g/mol. The van der Waals surface area contributed by atoms with Crippen LogP contribution in [-0.2, 0) is 4.79 Å². The lowest BCUT2D eigenvalue weighted by Crippen LogP contribution is -2.35. The minimum Gasteiger partial charge on any atom is -0.325 e. The van der Waals surface area contributed by atoms with Gasteiger partial charge in [-0.1, -0.05) is 19.3 Å². The second kappa shape index (κ2) is 9.55. The van der Waals surface area contributed by atoms with E-state index in [1.165, 1.54) is 42.8 Å². The summed E-state index contributed by atoms with van der Waals surface area (Å²) in [4.78, 5) is 13.4. The van der Waals surface area contributed by atoms with Gasteiger partial charge < -0.3 is 10.6 Å². The highest BCUT2D eigenvalue weighted by Crippen LogP contribution is 2.30. The molecule has 128 valence electrons. The first-order valence-electron chi connectivity index (χ1n) is 8.58. The molecule has 0 bridgehead atoms. The lowest BCUT2D eigenvalue weighted by atomic mass is 9.91. The molecule has 5 heteroatoms. The van der Waals surface area contributed by atoms with Crippen molar-refractivity contribution >= 4 is 35.8 Å². The van der Waals surface area contributed by atoms with Crippen LogP contribution in [0.3, 0.4) is 0 Å². The SMILES string of the molecule is Cl.O=C(Nc1ccc(SCC2CCCCC2)cc1)[C@H]1CCCN1. The van der Waals surface area contributed by atoms with E-state index in [0.717, 1.165) is 31.0 Å². The molecule has 1 heterocycles. The molecule has 0 radical (unpaired) electrons. The van der Waals surface area contributed by atoms with Crippen LogP contribution in [-0.4, -0.2) is 24.2 Å². The second-order valence-electron chi connectivity index (χ2n) is 6.48. The summed E-state index contributed by atoms with van der Waals surface area (Å²) in [5.41, 5.74) is 0.903. The topological polar surface area (TPSA) is 41.1 Å². The van der Waals surface area contributed by atoms with Gasteiger partial charge in [-0.3, -0.25) is 4.79 Å². The third-order valence-electron chi connectivity index (χ3n) is 4.71. The number of thioether (sulfide) groups is 1. The van der Waals surface area contributed by atoms with E-state index in [1.54, 1.807) is 0 Å². The number of rotatable bonds is 5. The summed E-state index contributed by atoms with van der Waals surface area (Å²) >= 11 is 1.95. The van der Waals surface area contributed by atoms with Crippen molar-refractivity contribution in [3.05, 3.63) is 24.3 Å². The number of hydrogen-bond acceptors (Lipinski definition) is 3. The lowest BCUT2D eigenvalue weighted by Gasteiger charge is -2.20. The highest BCUT2D eigenvalue weighted by molar-refractivity contribution is 7.99. The van der Waals surface area contributed by atoms with Crippen molar-refractivity contribution in [1.29, 1.82) is 0 Å².